The fourth-order valence-electron chi connectivity index (χ4n) is 2.78. The van der Waals surface area contributed by atoms with Crippen LogP contribution in [0.25, 0.3) is 0 Å². The summed E-state index contributed by atoms with van der Waals surface area (Å²) in [4.78, 5) is 13.8. The van der Waals surface area contributed by atoms with E-state index in [2.05, 4.69) is 10.6 Å². The first kappa shape index (κ1) is 14.7. The van der Waals surface area contributed by atoms with E-state index in [1.54, 1.807) is 0 Å². The molecule has 0 aliphatic carbocycles. The van der Waals surface area contributed by atoms with Crippen LogP contribution in [0.15, 0.2) is 0 Å². The van der Waals surface area contributed by atoms with Gasteiger partial charge < -0.3 is 10.6 Å². The van der Waals surface area contributed by atoms with Gasteiger partial charge in [0.15, 0.2) is 9.84 Å². The third-order valence-electron chi connectivity index (χ3n) is 3.71. The summed E-state index contributed by atoms with van der Waals surface area (Å²) in [5, 5.41) is 6.20. The van der Waals surface area contributed by atoms with Gasteiger partial charge in [-0.25, -0.2) is 8.42 Å². The maximum absolute atomic E-state index is 11.8. The number of hydrogen-bond acceptors (Lipinski definition) is 5. The predicted octanol–water partition coefficient (Wildman–Crippen LogP) is -1.03. The number of likely N-dealkylation sites (N-methyl/N-ethyl adjacent to an activating group) is 1. The van der Waals surface area contributed by atoms with Crippen LogP contribution in [0.3, 0.4) is 0 Å². The lowest BCUT2D eigenvalue weighted by Gasteiger charge is -2.21. The third-order valence-corrected chi connectivity index (χ3v) is 5.47. The lowest BCUT2D eigenvalue weighted by molar-refractivity contribution is -0.122. The van der Waals surface area contributed by atoms with Crippen molar-refractivity contribution < 1.29 is 13.2 Å². The van der Waals surface area contributed by atoms with E-state index < -0.39 is 9.84 Å². The van der Waals surface area contributed by atoms with E-state index in [9.17, 15) is 13.2 Å². The van der Waals surface area contributed by atoms with Crippen molar-refractivity contribution in [3.8, 4) is 0 Å². The van der Waals surface area contributed by atoms with Gasteiger partial charge in [0.25, 0.3) is 0 Å². The minimum atomic E-state index is -2.93. The number of hydrogen-bond donors (Lipinski definition) is 2. The van der Waals surface area contributed by atoms with Crippen molar-refractivity contribution in [1.29, 1.82) is 0 Å². The number of nitrogens with one attached hydrogen (secondary N) is 2. The second kappa shape index (κ2) is 6.19. The van der Waals surface area contributed by atoms with Crippen LogP contribution in [0.5, 0.6) is 0 Å². The highest BCUT2D eigenvalue weighted by Gasteiger charge is 2.29. The number of sulfone groups is 1. The Hall–Kier alpha value is -0.660. The van der Waals surface area contributed by atoms with Crippen LogP contribution in [-0.2, 0) is 14.6 Å². The number of nitrogens with zero attached hydrogens (tertiary/aromatic N) is 1. The smallest absolute Gasteiger partial charge is 0.234 e. The molecule has 2 aliphatic rings. The molecule has 2 fully saturated rings. The maximum Gasteiger partial charge on any atom is 0.234 e. The van der Waals surface area contributed by atoms with E-state index in [0.29, 0.717) is 19.0 Å². The normalized spacial score (nSPS) is 29.8. The van der Waals surface area contributed by atoms with Crippen LogP contribution in [0.4, 0.5) is 0 Å². The Labute approximate surface area is 114 Å². The van der Waals surface area contributed by atoms with Gasteiger partial charge in [-0.2, -0.15) is 0 Å². The zero-order chi connectivity index (χ0) is 13.9. The summed E-state index contributed by atoms with van der Waals surface area (Å²) in [5.41, 5.74) is 0. The standard InChI is InChI=1S/C12H23N3O3S/c1-15(7-10-3-2-5-13-10)8-12(16)14-11-4-6-19(17,18)9-11/h10-11,13H,2-9H2,1H3,(H,14,16). The summed E-state index contributed by atoms with van der Waals surface area (Å²) < 4.78 is 22.6. The number of carbonyl (C=O) groups excluding carboxylic acids is 1. The molecule has 0 bridgehead atoms. The Morgan fingerprint density at radius 1 is 1.42 bits per heavy atom. The Balaban J connectivity index is 1.69. The van der Waals surface area contributed by atoms with Crippen molar-refractivity contribution in [2.75, 3.05) is 38.2 Å². The predicted molar refractivity (Wildman–Crippen MR) is 73.7 cm³/mol. The van der Waals surface area contributed by atoms with E-state index in [0.717, 1.165) is 19.5 Å². The summed E-state index contributed by atoms with van der Waals surface area (Å²) in [6.45, 7) is 2.25. The van der Waals surface area contributed by atoms with Crippen LogP contribution in [-0.4, -0.2) is 69.5 Å². The van der Waals surface area contributed by atoms with Crippen LogP contribution in [0.1, 0.15) is 19.3 Å². The minimum absolute atomic E-state index is 0.0809. The molecule has 19 heavy (non-hydrogen) atoms. The molecule has 7 heteroatoms. The number of rotatable bonds is 5. The molecule has 0 aromatic rings. The van der Waals surface area contributed by atoms with Gasteiger partial charge in [0.2, 0.25) is 5.91 Å². The molecule has 2 heterocycles. The molecule has 2 saturated heterocycles. The average molecular weight is 289 g/mol. The fraction of sp³-hybridized carbons (Fsp3) is 0.917. The zero-order valence-corrected chi connectivity index (χ0v) is 12.2. The van der Waals surface area contributed by atoms with Crippen LogP contribution >= 0.6 is 0 Å². The summed E-state index contributed by atoms with van der Waals surface area (Å²) in [6, 6.07) is 0.278. The highest BCUT2D eigenvalue weighted by molar-refractivity contribution is 7.91. The van der Waals surface area contributed by atoms with Crippen molar-refractivity contribution in [3.63, 3.8) is 0 Å². The Morgan fingerprint density at radius 3 is 2.79 bits per heavy atom. The van der Waals surface area contributed by atoms with Gasteiger partial charge in [0.05, 0.1) is 18.1 Å². The molecular formula is C12H23N3O3S. The van der Waals surface area contributed by atoms with Crippen LogP contribution in [0, 0.1) is 0 Å². The molecule has 6 nitrogen and oxygen atoms in total. The van der Waals surface area contributed by atoms with Gasteiger partial charge >= 0.3 is 0 Å². The summed E-state index contributed by atoms with van der Waals surface area (Å²) in [5.74, 6) is 0.203. The van der Waals surface area contributed by atoms with Crippen molar-refractivity contribution in [2.24, 2.45) is 0 Å². The highest BCUT2D eigenvalue weighted by atomic mass is 32.2. The van der Waals surface area contributed by atoms with Gasteiger partial charge in [-0.3, -0.25) is 9.69 Å². The molecule has 1 amide bonds. The average Bonchev–Trinajstić information content (AvgIpc) is 2.88. The first-order valence-electron chi connectivity index (χ1n) is 6.86. The second-order valence-electron chi connectivity index (χ2n) is 5.66. The Morgan fingerprint density at radius 2 is 2.21 bits per heavy atom. The lowest BCUT2D eigenvalue weighted by Crippen LogP contribution is -2.44. The molecule has 2 unspecified atom stereocenters. The molecule has 0 radical (unpaired) electrons. The molecular weight excluding hydrogens is 266 g/mol. The largest absolute Gasteiger partial charge is 0.351 e. The zero-order valence-electron chi connectivity index (χ0n) is 11.4. The summed E-state index contributed by atoms with van der Waals surface area (Å²) in [6.07, 6.45) is 2.90. The minimum Gasteiger partial charge on any atom is -0.351 e. The second-order valence-corrected chi connectivity index (χ2v) is 7.89. The highest BCUT2D eigenvalue weighted by Crippen LogP contribution is 2.11. The van der Waals surface area contributed by atoms with Crippen molar-refractivity contribution >= 4 is 15.7 Å². The van der Waals surface area contributed by atoms with E-state index in [1.807, 2.05) is 11.9 Å². The molecule has 2 aliphatic heterocycles. The molecule has 0 aromatic carbocycles. The van der Waals surface area contributed by atoms with Gasteiger partial charge in [-0.1, -0.05) is 0 Å². The van der Waals surface area contributed by atoms with Crippen LogP contribution < -0.4 is 10.6 Å². The topological polar surface area (TPSA) is 78.5 Å². The molecule has 2 rings (SSSR count). The fourth-order valence-corrected chi connectivity index (χ4v) is 4.45. The first-order valence-corrected chi connectivity index (χ1v) is 8.68. The third kappa shape index (κ3) is 4.74. The van der Waals surface area contributed by atoms with Crippen LogP contribution in [0.2, 0.25) is 0 Å². The van der Waals surface area contributed by atoms with Crippen molar-refractivity contribution in [3.05, 3.63) is 0 Å². The van der Waals surface area contributed by atoms with Gasteiger partial charge in [-0.05, 0) is 32.9 Å². The summed E-state index contributed by atoms with van der Waals surface area (Å²) in [7, 11) is -1.00. The van der Waals surface area contributed by atoms with Gasteiger partial charge in [-0.15, -0.1) is 0 Å². The molecule has 110 valence electrons. The lowest BCUT2D eigenvalue weighted by atomic mass is 10.2. The van der Waals surface area contributed by atoms with Gasteiger partial charge in [0, 0.05) is 18.6 Å². The van der Waals surface area contributed by atoms with E-state index >= 15 is 0 Å². The van der Waals surface area contributed by atoms with E-state index in [1.165, 1.54) is 6.42 Å². The molecule has 0 saturated carbocycles. The molecule has 2 N–H and O–H groups in total. The summed E-state index contributed by atoms with van der Waals surface area (Å²) >= 11 is 0. The molecule has 2 atom stereocenters. The number of amides is 1. The van der Waals surface area contributed by atoms with Crippen molar-refractivity contribution in [1.82, 2.24) is 15.5 Å². The van der Waals surface area contributed by atoms with Crippen molar-refractivity contribution in [2.45, 2.75) is 31.3 Å². The maximum atomic E-state index is 11.8. The van der Waals surface area contributed by atoms with E-state index in [-0.39, 0.29) is 23.5 Å². The first-order chi connectivity index (χ1) is 8.94. The Bertz CT molecular complexity index is 418. The molecule has 0 spiro atoms. The molecule has 0 aromatic heterocycles. The Kier molecular flexibility index (Phi) is 4.81. The number of carbonyl (C=O) groups is 1. The van der Waals surface area contributed by atoms with Gasteiger partial charge in [0.1, 0.15) is 0 Å². The monoisotopic (exact) mass is 289 g/mol. The quantitative estimate of drug-likeness (QED) is 0.677. The SMILES string of the molecule is CN(CC(=O)NC1CCS(=O)(=O)C1)CC1CCCN1. The van der Waals surface area contributed by atoms with E-state index in [4.69, 9.17) is 0 Å².